The molecule has 7 aromatic carbocycles. The van der Waals surface area contributed by atoms with E-state index >= 15 is 0 Å². The highest BCUT2D eigenvalue weighted by Crippen LogP contribution is 2.38. The SMILES string of the molecule is O=c1c2ccccc2n(-c2ccccc2)c2cc3c(cc12)c1ccccc1n3-c1cc(-c2ccccc2)cc(-c2ccccc2)c1. The van der Waals surface area contributed by atoms with Gasteiger partial charge >= 0.3 is 0 Å². The van der Waals surface area contributed by atoms with Crippen molar-refractivity contribution < 1.29 is 0 Å². The maximum absolute atomic E-state index is 14.1. The van der Waals surface area contributed by atoms with Gasteiger partial charge in [0.25, 0.3) is 0 Å². The van der Waals surface area contributed by atoms with Crippen LogP contribution in [0.25, 0.3) is 77.2 Å². The molecule has 2 heterocycles. The van der Waals surface area contributed by atoms with E-state index in [-0.39, 0.29) is 5.43 Å². The highest BCUT2D eigenvalue weighted by Gasteiger charge is 2.19. The first-order valence-corrected chi connectivity index (χ1v) is 15.6. The molecule has 9 rings (SSSR count). The second kappa shape index (κ2) is 10.5. The Morgan fingerprint density at radius 2 is 0.783 bits per heavy atom. The fourth-order valence-corrected chi connectivity index (χ4v) is 6.97. The number of hydrogen-bond donors (Lipinski definition) is 0. The molecule has 0 saturated heterocycles. The molecule has 0 N–H and O–H groups in total. The smallest absolute Gasteiger partial charge is 0.197 e. The Bertz CT molecular complexity index is 2580. The highest BCUT2D eigenvalue weighted by atomic mass is 16.1. The van der Waals surface area contributed by atoms with Gasteiger partial charge in [-0.25, -0.2) is 0 Å². The van der Waals surface area contributed by atoms with Crippen LogP contribution in [0, 0.1) is 0 Å². The minimum absolute atomic E-state index is 0.0500. The number of hydrogen-bond acceptors (Lipinski definition) is 1. The standard InChI is InChI=1S/C43H28N2O/c46-43-36-21-11-13-23-40(36)44(33-18-8-3-9-19-33)42-28-41-37(27-38(42)43)35-20-10-12-22-39(35)45(41)34-25-31(29-14-4-1-5-15-29)24-32(26-34)30-16-6-2-7-17-30/h1-28H. The number of benzene rings is 7. The minimum atomic E-state index is 0.0500. The highest BCUT2D eigenvalue weighted by molar-refractivity contribution is 6.14. The Morgan fingerprint density at radius 1 is 0.304 bits per heavy atom. The molecule has 0 radical (unpaired) electrons. The zero-order chi connectivity index (χ0) is 30.6. The fourth-order valence-electron chi connectivity index (χ4n) is 6.97. The van der Waals surface area contributed by atoms with Crippen molar-refractivity contribution in [3.8, 4) is 33.6 Å². The normalized spacial score (nSPS) is 11.6. The molecule has 0 fully saturated rings. The molecule has 216 valence electrons. The molecule has 46 heavy (non-hydrogen) atoms. The Morgan fingerprint density at radius 3 is 1.41 bits per heavy atom. The molecule has 0 bridgehead atoms. The lowest BCUT2D eigenvalue weighted by molar-refractivity contribution is 1.15. The number of fused-ring (bicyclic) bond motifs is 5. The van der Waals surface area contributed by atoms with Crippen molar-refractivity contribution in [3.05, 3.63) is 180 Å². The van der Waals surface area contributed by atoms with E-state index in [0.717, 1.165) is 66.5 Å². The zero-order valence-corrected chi connectivity index (χ0v) is 25.0. The third-order valence-electron chi connectivity index (χ3n) is 9.07. The van der Waals surface area contributed by atoms with Crippen LogP contribution < -0.4 is 5.43 Å². The summed E-state index contributed by atoms with van der Waals surface area (Å²) in [5, 5.41) is 3.59. The maximum Gasteiger partial charge on any atom is 0.197 e. The lowest BCUT2D eigenvalue weighted by atomic mass is 9.98. The van der Waals surface area contributed by atoms with Gasteiger partial charge in [0.15, 0.2) is 5.43 Å². The molecule has 0 unspecified atom stereocenters. The van der Waals surface area contributed by atoms with Crippen molar-refractivity contribution >= 4 is 43.6 Å². The van der Waals surface area contributed by atoms with Crippen LogP contribution in [0.5, 0.6) is 0 Å². The van der Waals surface area contributed by atoms with Gasteiger partial charge in [0.2, 0.25) is 0 Å². The Labute approximate surface area is 265 Å². The number of rotatable bonds is 4. The average molecular weight is 589 g/mol. The van der Waals surface area contributed by atoms with E-state index in [2.05, 4.69) is 137 Å². The zero-order valence-electron chi connectivity index (χ0n) is 25.0. The molecule has 3 heteroatoms. The van der Waals surface area contributed by atoms with E-state index in [4.69, 9.17) is 0 Å². The maximum atomic E-state index is 14.1. The Hall–Kier alpha value is -6.19. The predicted octanol–water partition coefficient (Wildman–Crippen LogP) is 10.6. The van der Waals surface area contributed by atoms with Gasteiger partial charge in [-0.1, -0.05) is 109 Å². The molecular formula is C43H28N2O. The summed E-state index contributed by atoms with van der Waals surface area (Å²) in [5.41, 5.74) is 10.7. The fraction of sp³-hybridized carbons (Fsp3) is 0. The summed E-state index contributed by atoms with van der Waals surface area (Å²) in [5.74, 6) is 0. The molecule has 9 aromatic rings. The summed E-state index contributed by atoms with van der Waals surface area (Å²) in [4.78, 5) is 14.1. The number of nitrogens with zero attached hydrogens (tertiary/aromatic N) is 2. The summed E-state index contributed by atoms with van der Waals surface area (Å²) in [6.07, 6.45) is 0. The molecular weight excluding hydrogens is 560 g/mol. The van der Waals surface area contributed by atoms with E-state index in [0.29, 0.717) is 10.8 Å². The van der Waals surface area contributed by atoms with Gasteiger partial charge in [0.1, 0.15) is 0 Å². The lowest BCUT2D eigenvalue weighted by Crippen LogP contribution is -2.10. The van der Waals surface area contributed by atoms with Crippen LogP contribution in [0.4, 0.5) is 0 Å². The average Bonchev–Trinajstić information content (AvgIpc) is 3.45. The number of aromatic nitrogens is 2. The van der Waals surface area contributed by atoms with Crippen molar-refractivity contribution in [2.75, 3.05) is 0 Å². The second-order valence-electron chi connectivity index (χ2n) is 11.8. The van der Waals surface area contributed by atoms with Gasteiger partial charge in [-0.15, -0.1) is 0 Å². The molecule has 0 atom stereocenters. The Kier molecular flexibility index (Phi) is 5.97. The summed E-state index contributed by atoms with van der Waals surface area (Å²) < 4.78 is 4.58. The monoisotopic (exact) mass is 588 g/mol. The van der Waals surface area contributed by atoms with Gasteiger partial charge < -0.3 is 9.13 Å². The van der Waals surface area contributed by atoms with E-state index in [1.165, 1.54) is 0 Å². The van der Waals surface area contributed by atoms with E-state index < -0.39 is 0 Å². The third-order valence-corrected chi connectivity index (χ3v) is 9.07. The van der Waals surface area contributed by atoms with Crippen LogP contribution in [0.15, 0.2) is 175 Å². The van der Waals surface area contributed by atoms with Crippen molar-refractivity contribution in [3.63, 3.8) is 0 Å². The third kappa shape index (κ3) is 4.10. The predicted molar refractivity (Wildman–Crippen MR) is 192 cm³/mol. The number of para-hydroxylation sites is 3. The first-order valence-electron chi connectivity index (χ1n) is 15.6. The van der Waals surface area contributed by atoms with Gasteiger partial charge in [-0.3, -0.25) is 4.79 Å². The largest absolute Gasteiger partial charge is 0.309 e. The lowest BCUT2D eigenvalue weighted by Gasteiger charge is -2.17. The topological polar surface area (TPSA) is 26.9 Å². The summed E-state index contributed by atoms with van der Waals surface area (Å²) in [7, 11) is 0. The van der Waals surface area contributed by atoms with E-state index in [1.807, 2.05) is 42.5 Å². The number of pyridine rings is 1. The Balaban J connectivity index is 1.43. The molecule has 0 spiro atoms. The van der Waals surface area contributed by atoms with Crippen molar-refractivity contribution in [2.45, 2.75) is 0 Å². The summed E-state index contributed by atoms with van der Waals surface area (Å²) >= 11 is 0. The van der Waals surface area contributed by atoms with Crippen molar-refractivity contribution in [2.24, 2.45) is 0 Å². The molecule has 3 nitrogen and oxygen atoms in total. The van der Waals surface area contributed by atoms with Crippen LogP contribution in [0.3, 0.4) is 0 Å². The summed E-state index contributed by atoms with van der Waals surface area (Å²) in [6.45, 7) is 0. The van der Waals surface area contributed by atoms with Gasteiger partial charge in [-0.2, -0.15) is 0 Å². The first-order chi connectivity index (χ1) is 22.7. The van der Waals surface area contributed by atoms with Crippen LogP contribution in [-0.4, -0.2) is 9.13 Å². The van der Waals surface area contributed by atoms with Gasteiger partial charge in [0, 0.05) is 32.9 Å². The van der Waals surface area contributed by atoms with Gasteiger partial charge in [-0.05, 0) is 82.9 Å². The molecule has 2 aromatic heterocycles. The quantitative estimate of drug-likeness (QED) is 0.188. The van der Waals surface area contributed by atoms with Crippen LogP contribution in [-0.2, 0) is 0 Å². The molecule has 0 aliphatic rings. The van der Waals surface area contributed by atoms with Crippen LogP contribution in [0.1, 0.15) is 0 Å². The summed E-state index contributed by atoms with van der Waals surface area (Å²) in [6, 6.07) is 59.0. The van der Waals surface area contributed by atoms with Crippen molar-refractivity contribution in [1.82, 2.24) is 9.13 Å². The van der Waals surface area contributed by atoms with Crippen molar-refractivity contribution in [1.29, 1.82) is 0 Å². The first kappa shape index (κ1) is 26.2. The molecule has 0 aliphatic carbocycles. The molecule has 0 aliphatic heterocycles. The molecule has 0 amide bonds. The van der Waals surface area contributed by atoms with E-state index in [1.54, 1.807) is 0 Å². The minimum Gasteiger partial charge on any atom is -0.309 e. The van der Waals surface area contributed by atoms with Crippen LogP contribution >= 0.6 is 0 Å². The van der Waals surface area contributed by atoms with Crippen LogP contribution in [0.2, 0.25) is 0 Å². The van der Waals surface area contributed by atoms with Gasteiger partial charge in [0.05, 0.1) is 22.1 Å². The van der Waals surface area contributed by atoms with E-state index in [9.17, 15) is 4.79 Å². The molecule has 0 saturated carbocycles. The second-order valence-corrected chi connectivity index (χ2v) is 11.8.